The molecule has 6 rings (SSSR count). The van der Waals surface area contributed by atoms with Crippen LogP contribution in [0.3, 0.4) is 0 Å². The van der Waals surface area contributed by atoms with E-state index in [1.807, 2.05) is 71.0 Å². The first-order valence-electron chi connectivity index (χ1n) is 33.0. The number of aryl methyl sites for hydroxylation is 6. The fraction of sp³-hybridized carbons (Fsp3) is 0.197. The number of oxazole rings is 1. The zero-order valence-electron chi connectivity index (χ0n) is 71.6. The smallest absolute Gasteiger partial charge is 0.870 e. The molecule has 0 fully saturated rings. The Morgan fingerprint density at radius 2 is 0.807 bits per heavy atom. The number of benzene rings is 5. The summed E-state index contributed by atoms with van der Waals surface area (Å²) in [6.07, 6.45) is 11.4. The molecule has 5 aromatic carbocycles. The molecule has 0 saturated carbocycles. The number of hydrogen-bond acceptors (Lipinski definition) is 16. The number of Topliss-reactive ketones (excluding diaryl/α,β-unsaturated/α-hetero) is 4. The van der Waals surface area contributed by atoms with Crippen LogP contribution in [-0.4, -0.2) is 166 Å². The number of aromatic nitrogens is 1. The maximum Gasteiger partial charge on any atom is 2.00 e. The molecule has 0 aliphatic rings. The van der Waals surface area contributed by atoms with Crippen molar-refractivity contribution in [2.45, 2.75) is 97.4 Å². The molecule has 0 amide bonds. The van der Waals surface area contributed by atoms with Gasteiger partial charge in [-0.1, -0.05) is 60.2 Å². The Bertz CT molecular complexity index is 3590. The Hall–Kier alpha value is -6.33. The molecule has 38 heteroatoms. The number of carboxylic acid groups (broad SMARTS) is 4. The van der Waals surface area contributed by atoms with E-state index >= 15 is 0 Å². The maximum atomic E-state index is 11.3. The summed E-state index contributed by atoms with van der Waals surface area (Å²) in [7, 11) is 31.8. The molecule has 0 bridgehead atoms. The largest absolute Gasteiger partial charge is 2.00 e. The van der Waals surface area contributed by atoms with Gasteiger partial charge in [-0.2, -0.15) is 66.7 Å². The van der Waals surface area contributed by atoms with E-state index in [2.05, 4.69) is 112 Å². The number of carbonyl (C=O) groups is 10. The first-order chi connectivity index (χ1) is 51.1. The number of hydrogen-bond donors (Lipinski definition) is 6. The van der Waals surface area contributed by atoms with Gasteiger partial charge >= 0.3 is 124 Å². The quantitative estimate of drug-likeness (QED) is 0.0198. The SMILES string of the molecule is C.C#CC#CC#CC#CC#C.CC(=O)Cl.CC(=O)O.CC(=O)O.CC(=O)O.CC(=O)O.CC(=O)O[CH-]C(=O)c1[c-]cc(C)cc1.C[CH-]C(=O)c1[c-]cc(C)cc1.Cc1c[c-]c(-c2[c-]oc(C)n2)cc1.Cc1c[c-]c(C(=O)[CH-]O)cc1.N.[2H][2H].[2H][2H].[2H][2H].[2H][2H].[2H][2H].[B]B([B])B(B([B])[B])B([B])[B].[CH2-]C(=O)c1[c-]cc(C)cc1.[Li+].[Mn].[OH-].[W+2].[W+2].[W+2].[W+2].[W+2]. The second kappa shape index (κ2) is 90.6. The van der Waals surface area contributed by atoms with Crippen LogP contribution in [0.1, 0.15) is 146 Å². The number of ether oxygens (including phenoxy) is 1. The zero-order chi connectivity index (χ0) is 87.8. The summed E-state index contributed by atoms with van der Waals surface area (Å²) in [6, 6.07) is 41.4. The Morgan fingerprint density at radius 1 is 0.541 bits per heavy atom. The molecule has 561 valence electrons. The number of aliphatic hydroxyl groups is 1. The van der Waals surface area contributed by atoms with Crippen molar-refractivity contribution in [3.8, 4) is 71.5 Å². The number of halogens is 1. The summed E-state index contributed by atoms with van der Waals surface area (Å²) in [5.74, 6) is 14.2. The van der Waals surface area contributed by atoms with E-state index in [0.717, 1.165) is 67.8 Å². The summed E-state index contributed by atoms with van der Waals surface area (Å²) >= 11 is 4.64. The van der Waals surface area contributed by atoms with Gasteiger partial charge in [-0.05, 0) is 83.7 Å². The third kappa shape index (κ3) is 99.7. The molecule has 0 aliphatic carbocycles. The molecule has 6 aromatic rings. The minimum Gasteiger partial charge on any atom is -0.870 e. The van der Waals surface area contributed by atoms with Crippen LogP contribution in [0.25, 0.3) is 11.3 Å². The van der Waals surface area contributed by atoms with Crippen LogP contribution in [-0.2, 0) is 156 Å². The minimum atomic E-state index is -0.833. The third-order valence-corrected chi connectivity index (χ3v) is 9.26. The second-order valence-corrected chi connectivity index (χ2v) is 19.2. The summed E-state index contributed by atoms with van der Waals surface area (Å²) < 4.78 is 59.4. The van der Waals surface area contributed by atoms with Gasteiger partial charge in [-0.3, -0.25) is 51.0 Å². The van der Waals surface area contributed by atoms with Crippen LogP contribution < -0.4 is 25.0 Å². The van der Waals surface area contributed by atoms with Gasteiger partial charge in [0.05, 0.1) is 5.89 Å². The Kier molecular flexibility index (Phi) is 105. The molecule has 13 radical (unpaired) electrons. The molecule has 109 heavy (non-hydrogen) atoms. The summed E-state index contributed by atoms with van der Waals surface area (Å²) in [5, 5.41) is 37.7. The van der Waals surface area contributed by atoms with Crippen LogP contribution in [0.2, 0.25) is 0 Å². The standard InChI is InChI=1S/C11H9NO.C11H10O3.C10H10O.C10H2.C9H8O2.C9H8O.C2H3ClO.4C2H4O2.CH4.B10.Li.Mn.H3N.H2O.5W.5H2/c1-8-3-5-10(6-4-8)11-7-13-9(2)12-11;1-8-3-5-10(6-4-8)11(13)7-14-9(2)12;1-3-10(11)9-6-4-8(2)5-7-9;1-3-5-7-9-10-8-6-4-2;1-7-2-4-8(5-3-7)9(11)6-10;1-7-3-5-9(6-4-7)8(2)10;5*1-2(3)4;;1-7(2)10(8(3)4)9(5)6;;;;;;;;;;;;;;/h3-5H,1-2H3;3-5,7H,1-2H3;3-6H,1-2H3;1-2H;2-4,6,10H,1H3;3-5H,2H2,1H3;1H3;4*1H3,(H,3,4);1H4;;;;1H3;1H2;;;;;;5*1H/q3*-2;;2*-2;;;;;;;;+1;;;;5*+2;;;;;/p-1/i;;;;;;;;;;;;;;;;;;;;;;5*1+1D. The number of terminal acetylenes is 2. The van der Waals surface area contributed by atoms with Crippen molar-refractivity contribution in [2.75, 3.05) is 0 Å². The van der Waals surface area contributed by atoms with Crippen molar-refractivity contribution >= 4 is 142 Å². The average Bonchev–Trinajstić information content (AvgIpc) is 1.79. The van der Waals surface area contributed by atoms with E-state index in [-0.39, 0.29) is 183 Å². The maximum absolute atomic E-state index is 11.3. The van der Waals surface area contributed by atoms with Crippen molar-refractivity contribution < 1.29 is 244 Å². The van der Waals surface area contributed by atoms with Crippen LogP contribution >= 0.6 is 11.6 Å². The molecule has 1 heterocycles. The van der Waals surface area contributed by atoms with Gasteiger partial charge in [0.2, 0.25) is 5.24 Å². The van der Waals surface area contributed by atoms with Gasteiger partial charge in [0.25, 0.3) is 29.8 Å². The van der Waals surface area contributed by atoms with E-state index < -0.39 is 61.2 Å². The fourth-order valence-corrected chi connectivity index (χ4v) is 5.13. The van der Waals surface area contributed by atoms with Crippen LogP contribution in [0.15, 0.2) is 95.4 Å². The monoisotopic (exact) mass is 2390 g/mol. The van der Waals surface area contributed by atoms with Crippen molar-refractivity contribution in [1.29, 1.82) is 0 Å². The summed E-state index contributed by atoms with van der Waals surface area (Å²) in [6.45, 7) is 24.9. The van der Waals surface area contributed by atoms with E-state index in [1.54, 1.807) is 74.9 Å². The van der Waals surface area contributed by atoms with Crippen LogP contribution in [0.5, 0.6) is 0 Å². The number of rotatable bonds is 12. The molecule has 0 spiro atoms. The van der Waals surface area contributed by atoms with Gasteiger partial charge < -0.3 is 70.5 Å². The van der Waals surface area contributed by atoms with Crippen molar-refractivity contribution in [3.05, 3.63) is 210 Å². The average molecular weight is 2390 g/mol. The number of carbonyl (C=O) groups excluding carboxylic acids is 6. The van der Waals surface area contributed by atoms with E-state index in [1.165, 1.54) is 19.4 Å². The second-order valence-electron chi connectivity index (χ2n) is 18.6. The molecule has 0 atom stereocenters. The van der Waals surface area contributed by atoms with Gasteiger partial charge in [0.15, 0.2) is 0 Å². The van der Waals surface area contributed by atoms with E-state index in [9.17, 15) is 28.8 Å². The van der Waals surface area contributed by atoms with E-state index in [0.29, 0.717) is 34.8 Å². The topological polar surface area (TPSA) is 372 Å². The van der Waals surface area contributed by atoms with Crippen molar-refractivity contribution in [3.63, 3.8) is 0 Å². The number of carboxylic acids is 4. The minimum absolute atomic E-state index is 0. The number of nitrogens with zero attached hydrogens (tertiary/aromatic N) is 1. The molecule has 20 nitrogen and oxygen atoms in total. The van der Waals surface area contributed by atoms with Gasteiger partial charge in [-0.25, -0.2) is 73.5 Å². The predicted octanol–water partition coefficient (Wildman–Crippen LogP) is 6.22. The Balaban J connectivity index is -0.0000000464. The van der Waals surface area contributed by atoms with Gasteiger partial charge in [0, 0.05) is 145 Å². The Morgan fingerprint density at radius 3 is 1.01 bits per heavy atom. The van der Waals surface area contributed by atoms with Crippen LogP contribution in [0.4, 0.5) is 0 Å². The number of aliphatic carboxylic acids is 4. The molecule has 0 aliphatic heterocycles. The predicted molar refractivity (Wildman–Crippen MR) is 417 cm³/mol. The molecular weight excluding hydrogens is 2290 g/mol. The van der Waals surface area contributed by atoms with Crippen molar-refractivity contribution in [2.24, 2.45) is 0 Å². The number of ketones is 4. The Labute approximate surface area is 769 Å². The summed E-state index contributed by atoms with van der Waals surface area (Å²) in [5.41, 5.74) is 9.07. The van der Waals surface area contributed by atoms with Gasteiger partial charge in [0.1, 0.15) is 0 Å². The number of esters is 1. The molecule has 9 N–H and O–H groups in total. The third-order valence-electron chi connectivity index (χ3n) is 9.26. The molecule has 1 aromatic heterocycles. The number of aliphatic hydroxyl groups excluding tert-OH is 1. The fourth-order valence-electron chi connectivity index (χ4n) is 5.13. The normalized spacial score (nSPS) is 7.75. The van der Waals surface area contributed by atoms with Gasteiger partial charge in [-0.15, -0.1) is 59.9 Å². The first-order valence-corrected chi connectivity index (χ1v) is 28.4. The molecule has 0 saturated heterocycles. The van der Waals surface area contributed by atoms with E-state index in [4.69, 9.17) is 123 Å². The first kappa shape index (κ1) is 126. The zero-order valence-corrected chi connectivity index (χ0v) is 78.2. The molecular formula is C71H84B10ClLiMnN2O18W5. The summed E-state index contributed by atoms with van der Waals surface area (Å²) in [4.78, 5) is 104. The molecule has 0 unspecified atom stereocenters. The van der Waals surface area contributed by atoms with Crippen LogP contribution in [0, 0.1) is 165 Å². The van der Waals surface area contributed by atoms with Crippen molar-refractivity contribution in [1.82, 2.24) is 11.1 Å².